The van der Waals surface area contributed by atoms with E-state index in [1.807, 2.05) is 26.8 Å². The molecule has 2 aliphatic rings. The molecule has 2 atom stereocenters. The molecule has 0 saturated carbocycles. The predicted octanol–water partition coefficient (Wildman–Crippen LogP) is 4.40. The molecule has 4 rings (SSSR count). The topological polar surface area (TPSA) is 71.6 Å². The highest BCUT2D eigenvalue weighted by Crippen LogP contribution is 2.39. The van der Waals surface area contributed by atoms with Crippen LogP contribution in [0.1, 0.15) is 76.8 Å². The highest BCUT2D eigenvalue weighted by atomic mass is 16.5. The largest absolute Gasteiger partial charge is 0.490 e. The highest BCUT2D eigenvalue weighted by molar-refractivity contribution is 6.05. The number of H-pyrrole nitrogens is 1. The second kappa shape index (κ2) is 8.26. The number of hydrogen-bond donors (Lipinski definition) is 1. The van der Waals surface area contributed by atoms with E-state index in [1.54, 1.807) is 6.92 Å². The molecule has 1 fully saturated rings. The van der Waals surface area contributed by atoms with Gasteiger partial charge >= 0.3 is 0 Å². The van der Waals surface area contributed by atoms with Gasteiger partial charge in [0.05, 0.1) is 24.9 Å². The van der Waals surface area contributed by atoms with Crippen LogP contribution in [-0.2, 0) is 0 Å². The third kappa shape index (κ3) is 3.65. The average Bonchev–Trinajstić information content (AvgIpc) is 3.23. The van der Waals surface area contributed by atoms with Gasteiger partial charge in [-0.2, -0.15) is 0 Å². The van der Waals surface area contributed by atoms with Crippen molar-refractivity contribution in [3.05, 3.63) is 46.3 Å². The van der Waals surface area contributed by atoms with Gasteiger partial charge in [-0.1, -0.05) is 6.07 Å². The van der Waals surface area contributed by atoms with Crippen molar-refractivity contribution in [1.29, 1.82) is 0 Å². The number of ether oxygens (including phenoxy) is 2. The van der Waals surface area contributed by atoms with Crippen LogP contribution in [-0.4, -0.2) is 47.3 Å². The number of carbonyl (C=O) groups excluding carboxylic acids is 2. The van der Waals surface area contributed by atoms with E-state index in [-0.39, 0.29) is 23.7 Å². The summed E-state index contributed by atoms with van der Waals surface area (Å²) in [5.74, 6) is 1.60. The maximum absolute atomic E-state index is 13.4. The molecule has 6 nitrogen and oxygen atoms in total. The van der Waals surface area contributed by atoms with Crippen molar-refractivity contribution < 1.29 is 19.1 Å². The van der Waals surface area contributed by atoms with Crippen molar-refractivity contribution >= 4 is 11.6 Å². The average molecular weight is 411 g/mol. The molecular formula is C24H30N2O4. The summed E-state index contributed by atoms with van der Waals surface area (Å²) in [6, 6.07) is 6.01. The molecule has 3 heterocycles. The maximum Gasteiger partial charge on any atom is 0.196 e. The molecule has 0 amide bonds. The lowest BCUT2D eigenvalue weighted by atomic mass is 9.99. The van der Waals surface area contributed by atoms with Gasteiger partial charge in [0.15, 0.2) is 23.1 Å². The smallest absolute Gasteiger partial charge is 0.196 e. The summed E-state index contributed by atoms with van der Waals surface area (Å²) in [4.78, 5) is 30.8. The monoisotopic (exact) mass is 410 g/mol. The summed E-state index contributed by atoms with van der Waals surface area (Å²) in [7, 11) is 0. The minimum absolute atomic E-state index is 0.0146. The number of aromatic nitrogens is 1. The number of fused-ring (bicyclic) bond motifs is 1. The second-order valence-electron chi connectivity index (χ2n) is 8.37. The fraction of sp³-hybridized carbons (Fsp3) is 0.500. The second-order valence-corrected chi connectivity index (χ2v) is 8.37. The molecule has 1 aromatic carbocycles. The van der Waals surface area contributed by atoms with Crippen LogP contribution >= 0.6 is 0 Å². The van der Waals surface area contributed by atoms with E-state index in [0.717, 1.165) is 54.1 Å². The molecule has 0 radical (unpaired) electrons. The van der Waals surface area contributed by atoms with Crippen LogP contribution in [0.3, 0.4) is 0 Å². The van der Waals surface area contributed by atoms with Crippen molar-refractivity contribution in [2.75, 3.05) is 19.8 Å². The van der Waals surface area contributed by atoms with Gasteiger partial charge in [-0.15, -0.1) is 0 Å². The van der Waals surface area contributed by atoms with Gasteiger partial charge in [0.25, 0.3) is 0 Å². The zero-order chi connectivity index (χ0) is 21.4. The van der Waals surface area contributed by atoms with Crippen LogP contribution in [0.15, 0.2) is 18.2 Å². The summed E-state index contributed by atoms with van der Waals surface area (Å²) in [5.41, 5.74) is 3.85. The van der Waals surface area contributed by atoms with Crippen molar-refractivity contribution in [1.82, 2.24) is 9.88 Å². The molecule has 1 saturated heterocycles. The SMILES string of the molecule is CC(=O)c1c(C)[nH]c(C(=O)C(C)N2CCCC2c2ccc3c(c2)OCCCO3)c1C. The molecule has 0 aliphatic carbocycles. The van der Waals surface area contributed by atoms with Crippen molar-refractivity contribution in [3.63, 3.8) is 0 Å². The zero-order valence-corrected chi connectivity index (χ0v) is 18.2. The van der Waals surface area contributed by atoms with E-state index in [2.05, 4.69) is 22.0 Å². The quantitative estimate of drug-likeness (QED) is 0.740. The number of nitrogens with one attached hydrogen (secondary N) is 1. The first-order chi connectivity index (χ1) is 14.4. The molecule has 6 heteroatoms. The Balaban J connectivity index is 1.59. The van der Waals surface area contributed by atoms with Crippen LogP contribution < -0.4 is 9.47 Å². The molecule has 2 aromatic rings. The first kappa shape index (κ1) is 20.7. The predicted molar refractivity (Wildman–Crippen MR) is 115 cm³/mol. The van der Waals surface area contributed by atoms with Gasteiger partial charge in [-0.05, 0) is 70.3 Å². The third-order valence-electron chi connectivity index (χ3n) is 6.36. The Morgan fingerprint density at radius 3 is 2.57 bits per heavy atom. The number of likely N-dealkylation sites (tertiary alicyclic amines) is 1. The number of aryl methyl sites for hydroxylation is 1. The first-order valence-electron chi connectivity index (χ1n) is 10.8. The fourth-order valence-corrected chi connectivity index (χ4v) is 4.88. The van der Waals surface area contributed by atoms with Crippen LogP contribution in [0.4, 0.5) is 0 Å². The molecule has 160 valence electrons. The number of ketones is 2. The van der Waals surface area contributed by atoms with E-state index in [9.17, 15) is 9.59 Å². The Morgan fingerprint density at radius 2 is 1.87 bits per heavy atom. The van der Waals surface area contributed by atoms with Crippen molar-refractivity contribution in [2.45, 2.75) is 59.0 Å². The Hall–Kier alpha value is -2.60. The third-order valence-corrected chi connectivity index (χ3v) is 6.36. The number of rotatable bonds is 5. The maximum atomic E-state index is 13.4. The van der Waals surface area contributed by atoms with Gasteiger partial charge in [0.1, 0.15) is 0 Å². The Kier molecular flexibility index (Phi) is 5.69. The van der Waals surface area contributed by atoms with Crippen LogP contribution in [0, 0.1) is 13.8 Å². The molecule has 0 bridgehead atoms. The summed E-state index contributed by atoms with van der Waals surface area (Å²) < 4.78 is 11.6. The number of nitrogens with zero attached hydrogens (tertiary/aromatic N) is 1. The summed E-state index contributed by atoms with van der Waals surface area (Å²) in [5, 5.41) is 0. The van der Waals surface area contributed by atoms with Gasteiger partial charge < -0.3 is 14.5 Å². The Morgan fingerprint density at radius 1 is 1.13 bits per heavy atom. The molecule has 30 heavy (non-hydrogen) atoms. The zero-order valence-electron chi connectivity index (χ0n) is 18.2. The number of hydrogen-bond acceptors (Lipinski definition) is 5. The lowest BCUT2D eigenvalue weighted by molar-refractivity contribution is 0.0814. The lowest BCUT2D eigenvalue weighted by Crippen LogP contribution is -2.39. The van der Waals surface area contributed by atoms with Gasteiger partial charge in [0, 0.05) is 23.7 Å². The van der Waals surface area contributed by atoms with Gasteiger partial charge in [-0.3, -0.25) is 14.5 Å². The van der Waals surface area contributed by atoms with E-state index in [4.69, 9.17) is 9.47 Å². The number of aromatic amines is 1. The van der Waals surface area contributed by atoms with E-state index >= 15 is 0 Å². The summed E-state index contributed by atoms with van der Waals surface area (Å²) >= 11 is 0. The van der Waals surface area contributed by atoms with E-state index in [1.165, 1.54) is 0 Å². The molecule has 0 spiro atoms. The molecule has 1 N–H and O–H groups in total. The van der Waals surface area contributed by atoms with E-state index in [0.29, 0.717) is 24.5 Å². The number of Topliss-reactive ketones (excluding diaryl/α,β-unsaturated/α-hetero) is 2. The van der Waals surface area contributed by atoms with E-state index < -0.39 is 0 Å². The minimum atomic E-state index is -0.287. The normalized spacial score (nSPS) is 20.1. The highest BCUT2D eigenvalue weighted by Gasteiger charge is 2.35. The van der Waals surface area contributed by atoms with Crippen LogP contribution in [0.5, 0.6) is 11.5 Å². The Labute approximate surface area is 177 Å². The number of carbonyl (C=O) groups is 2. The fourth-order valence-electron chi connectivity index (χ4n) is 4.88. The Bertz CT molecular complexity index is 978. The first-order valence-corrected chi connectivity index (χ1v) is 10.8. The molecule has 2 aliphatic heterocycles. The van der Waals surface area contributed by atoms with Crippen molar-refractivity contribution in [3.8, 4) is 11.5 Å². The van der Waals surface area contributed by atoms with Crippen LogP contribution in [0.25, 0.3) is 0 Å². The molecule has 1 aromatic heterocycles. The summed E-state index contributed by atoms with van der Waals surface area (Å²) in [6.07, 6.45) is 2.92. The van der Waals surface area contributed by atoms with Crippen LogP contribution in [0.2, 0.25) is 0 Å². The number of benzene rings is 1. The molecule has 2 unspecified atom stereocenters. The van der Waals surface area contributed by atoms with Crippen molar-refractivity contribution in [2.24, 2.45) is 0 Å². The molecular weight excluding hydrogens is 380 g/mol. The summed E-state index contributed by atoms with van der Waals surface area (Å²) in [6.45, 7) is 9.40. The van der Waals surface area contributed by atoms with Gasteiger partial charge in [-0.25, -0.2) is 0 Å². The standard InChI is InChI=1S/C24H30N2O4/c1-14-22(17(4)27)15(2)25-23(14)24(28)16(3)26-10-5-7-19(26)18-8-9-20-21(13-18)30-12-6-11-29-20/h8-9,13,16,19,25H,5-7,10-12H2,1-4H3. The van der Waals surface area contributed by atoms with Gasteiger partial charge in [0.2, 0.25) is 0 Å². The minimum Gasteiger partial charge on any atom is -0.490 e. The lowest BCUT2D eigenvalue weighted by Gasteiger charge is -2.30.